The summed E-state index contributed by atoms with van der Waals surface area (Å²) in [7, 11) is 0. The van der Waals surface area contributed by atoms with Crippen LogP contribution in [-0.4, -0.2) is 36.3 Å². The highest BCUT2D eigenvalue weighted by atomic mass is 16.6. The first-order valence-electron chi connectivity index (χ1n) is 4.78. The number of Topliss-reactive ketones (excluding diaryl/α,β-unsaturated/α-hetero) is 1. The molecule has 6 heteroatoms. The molecule has 0 bridgehead atoms. The minimum Gasteiger partial charge on any atom is -0.463 e. The maximum Gasteiger partial charge on any atom is 0.355 e. The van der Waals surface area contributed by atoms with Gasteiger partial charge in [0.2, 0.25) is 5.91 Å². The lowest BCUT2D eigenvalue weighted by Gasteiger charge is -2.13. The third-order valence-electron chi connectivity index (χ3n) is 1.47. The van der Waals surface area contributed by atoms with Crippen LogP contribution >= 0.6 is 0 Å². The van der Waals surface area contributed by atoms with Gasteiger partial charge >= 0.3 is 5.97 Å². The maximum atomic E-state index is 11.3. The number of aliphatic imine (C=N–C) groups is 1. The fraction of sp³-hybridized carbons (Fsp3) is 0.600. The van der Waals surface area contributed by atoms with Crippen LogP contribution in [0, 0.1) is 0 Å². The van der Waals surface area contributed by atoms with Crippen LogP contribution < -0.4 is 0 Å². The number of amides is 1. The van der Waals surface area contributed by atoms with Gasteiger partial charge in [-0.25, -0.2) is 4.79 Å². The first-order chi connectivity index (χ1) is 7.38. The predicted molar refractivity (Wildman–Crippen MR) is 56.0 cm³/mol. The molecule has 0 N–H and O–H groups in total. The summed E-state index contributed by atoms with van der Waals surface area (Å²) < 4.78 is 9.59. The van der Waals surface area contributed by atoms with Crippen LogP contribution in [0.1, 0.15) is 27.7 Å². The van der Waals surface area contributed by atoms with E-state index in [9.17, 15) is 14.4 Å². The van der Waals surface area contributed by atoms with Crippen molar-refractivity contribution in [2.45, 2.75) is 33.8 Å². The van der Waals surface area contributed by atoms with Crippen molar-refractivity contribution in [2.24, 2.45) is 4.99 Å². The summed E-state index contributed by atoms with van der Waals surface area (Å²) >= 11 is 0. The quantitative estimate of drug-likeness (QED) is 0.303. The second-order valence-electron chi connectivity index (χ2n) is 3.01. The van der Waals surface area contributed by atoms with Crippen LogP contribution in [0.4, 0.5) is 0 Å². The molecule has 0 fully saturated rings. The Balaban J connectivity index is 4.64. The van der Waals surface area contributed by atoms with Gasteiger partial charge in [0.05, 0.1) is 6.61 Å². The molecular weight excluding hydrogens is 214 g/mol. The molecule has 1 amide bonds. The molecule has 0 saturated carbocycles. The lowest BCUT2D eigenvalue weighted by atomic mass is 10.2. The van der Waals surface area contributed by atoms with Crippen molar-refractivity contribution >= 4 is 23.6 Å². The van der Waals surface area contributed by atoms with Crippen LogP contribution in [-0.2, 0) is 23.9 Å². The molecule has 16 heavy (non-hydrogen) atoms. The molecule has 0 aromatic heterocycles. The molecule has 0 rings (SSSR count). The second-order valence-corrected chi connectivity index (χ2v) is 3.01. The van der Waals surface area contributed by atoms with E-state index in [1.54, 1.807) is 6.92 Å². The molecule has 0 aliphatic rings. The predicted octanol–water partition coefficient (Wildman–Crippen LogP) is 0.489. The van der Waals surface area contributed by atoms with Gasteiger partial charge in [0, 0.05) is 13.8 Å². The van der Waals surface area contributed by atoms with Gasteiger partial charge < -0.3 is 9.47 Å². The highest BCUT2D eigenvalue weighted by molar-refractivity contribution is 6.03. The Morgan fingerprint density at radius 2 is 1.75 bits per heavy atom. The van der Waals surface area contributed by atoms with E-state index in [2.05, 4.69) is 9.73 Å². The number of nitrogens with zero attached hydrogens (tertiary/aromatic N) is 1. The average Bonchev–Trinajstić information content (AvgIpc) is 2.12. The lowest BCUT2D eigenvalue weighted by molar-refractivity contribution is -0.155. The molecule has 0 aromatic carbocycles. The summed E-state index contributed by atoms with van der Waals surface area (Å²) in [6, 6.07) is 0. The Morgan fingerprint density at radius 3 is 2.12 bits per heavy atom. The number of hydrogen-bond acceptors (Lipinski definition) is 5. The highest BCUT2D eigenvalue weighted by Crippen LogP contribution is 2.00. The van der Waals surface area contributed by atoms with Crippen molar-refractivity contribution in [1.29, 1.82) is 0 Å². The summed E-state index contributed by atoms with van der Waals surface area (Å²) in [5.41, 5.74) is 0. The van der Waals surface area contributed by atoms with Gasteiger partial charge in [-0.15, -0.1) is 0 Å². The summed E-state index contributed by atoms with van der Waals surface area (Å²) in [5, 5.41) is 0. The lowest BCUT2D eigenvalue weighted by Crippen LogP contribution is -2.34. The van der Waals surface area contributed by atoms with Crippen LogP contribution in [0.25, 0.3) is 0 Å². The van der Waals surface area contributed by atoms with E-state index < -0.39 is 23.8 Å². The van der Waals surface area contributed by atoms with Crippen LogP contribution in [0.15, 0.2) is 4.99 Å². The summed E-state index contributed by atoms with van der Waals surface area (Å²) in [5.74, 6) is -1.80. The van der Waals surface area contributed by atoms with Gasteiger partial charge in [0.15, 0.2) is 11.7 Å². The molecule has 0 spiro atoms. The molecule has 0 saturated heterocycles. The monoisotopic (exact) mass is 229 g/mol. The molecule has 90 valence electrons. The van der Waals surface area contributed by atoms with Crippen LogP contribution in [0.3, 0.4) is 0 Å². The normalized spacial score (nSPS) is 12.9. The molecule has 0 aliphatic heterocycles. The number of ketones is 1. The summed E-state index contributed by atoms with van der Waals surface area (Å²) in [4.78, 5) is 36.5. The van der Waals surface area contributed by atoms with Crippen molar-refractivity contribution in [3.63, 3.8) is 0 Å². The van der Waals surface area contributed by atoms with Gasteiger partial charge in [-0.1, -0.05) is 0 Å². The smallest absolute Gasteiger partial charge is 0.355 e. The zero-order valence-corrected chi connectivity index (χ0v) is 9.77. The molecular formula is C10H15NO5. The molecule has 1 unspecified atom stereocenters. The van der Waals surface area contributed by atoms with E-state index in [0.717, 1.165) is 0 Å². The minimum absolute atomic E-state index is 0.0410. The largest absolute Gasteiger partial charge is 0.463 e. The topological polar surface area (TPSA) is 82.0 Å². The molecule has 0 aliphatic carbocycles. The van der Waals surface area contributed by atoms with Gasteiger partial charge in [-0.05, 0) is 13.8 Å². The van der Waals surface area contributed by atoms with Gasteiger partial charge in [-0.3, -0.25) is 9.59 Å². The van der Waals surface area contributed by atoms with Crippen molar-refractivity contribution in [2.75, 3.05) is 6.61 Å². The second kappa shape index (κ2) is 6.71. The average molecular weight is 229 g/mol. The van der Waals surface area contributed by atoms with Gasteiger partial charge in [-0.2, -0.15) is 4.99 Å². The van der Waals surface area contributed by atoms with Crippen LogP contribution in [0.2, 0.25) is 0 Å². The maximum absolute atomic E-state index is 11.3. The van der Waals surface area contributed by atoms with Crippen molar-refractivity contribution in [3.05, 3.63) is 0 Å². The van der Waals surface area contributed by atoms with E-state index in [0.29, 0.717) is 0 Å². The molecule has 0 heterocycles. The fourth-order valence-electron chi connectivity index (χ4n) is 0.934. The SMILES string of the molecule is CCOC(=O)C(OC(C)=NC(C)=O)C(C)=O. The zero-order chi connectivity index (χ0) is 12.7. The molecule has 6 nitrogen and oxygen atoms in total. The number of rotatable bonds is 4. The van der Waals surface area contributed by atoms with E-state index in [-0.39, 0.29) is 12.5 Å². The number of hydrogen-bond donors (Lipinski definition) is 0. The van der Waals surface area contributed by atoms with Crippen molar-refractivity contribution < 1.29 is 23.9 Å². The first kappa shape index (κ1) is 14.3. The Morgan fingerprint density at radius 1 is 1.19 bits per heavy atom. The van der Waals surface area contributed by atoms with Gasteiger partial charge in [0.25, 0.3) is 6.10 Å². The van der Waals surface area contributed by atoms with E-state index in [1.807, 2.05) is 0 Å². The highest BCUT2D eigenvalue weighted by Gasteiger charge is 2.27. The molecule has 1 atom stereocenters. The van der Waals surface area contributed by atoms with Crippen molar-refractivity contribution in [3.8, 4) is 0 Å². The molecule has 0 aromatic rings. The third kappa shape index (κ3) is 5.23. The standard InChI is InChI=1S/C10H15NO5/c1-5-15-10(14)9(6(2)12)16-8(4)11-7(3)13/h9H,5H2,1-4H3. The number of carbonyl (C=O) groups is 3. The Kier molecular flexibility index (Phi) is 5.99. The summed E-state index contributed by atoms with van der Waals surface area (Å²) in [6.45, 7) is 5.58. The van der Waals surface area contributed by atoms with Crippen molar-refractivity contribution in [1.82, 2.24) is 0 Å². The van der Waals surface area contributed by atoms with E-state index >= 15 is 0 Å². The Hall–Kier alpha value is -1.72. The summed E-state index contributed by atoms with van der Waals surface area (Å²) in [6.07, 6.45) is -1.36. The number of ether oxygens (including phenoxy) is 2. The first-order valence-corrected chi connectivity index (χ1v) is 4.78. The van der Waals surface area contributed by atoms with Gasteiger partial charge in [0.1, 0.15) is 0 Å². The van der Waals surface area contributed by atoms with E-state index in [1.165, 1.54) is 20.8 Å². The number of carbonyl (C=O) groups excluding carboxylic acids is 3. The number of esters is 1. The Labute approximate surface area is 93.6 Å². The Bertz CT molecular complexity index is 321. The van der Waals surface area contributed by atoms with E-state index in [4.69, 9.17) is 4.74 Å². The third-order valence-corrected chi connectivity index (χ3v) is 1.47. The fourth-order valence-corrected chi connectivity index (χ4v) is 0.934. The zero-order valence-electron chi connectivity index (χ0n) is 9.77. The molecule has 0 radical (unpaired) electrons. The minimum atomic E-state index is -1.36. The van der Waals surface area contributed by atoms with Crippen LogP contribution in [0.5, 0.6) is 0 Å².